The van der Waals surface area contributed by atoms with Crippen molar-refractivity contribution in [3.63, 3.8) is 0 Å². The van der Waals surface area contributed by atoms with Crippen LogP contribution in [0.5, 0.6) is 0 Å². The Morgan fingerprint density at radius 2 is 1.81 bits per heavy atom. The Kier molecular flexibility index (Phi) is 8.29. The number of carbonyl (C=O) groups excluding carboxylic acids is 1. The van der Waals surface area contributed by atoms with E-state index >= 15 is 0 Å². The lowest BCUT2D eigenvalue weighted by Crippen LogP contribution is -2.46. The first-order chi connectivity index (χ1) is 12.6. The lowest BCUT2D eigenvalue weighted by Gasteiger charge is -2.31. The third kappa shape index (κ3) is 6.24. The molecule has 2 unspecified atom stereocenters. The number of halogens is 3. The van der Waals surface area contributed by atoms with E-state index in [0.29, 0.717) is 12.8 Å². The van der Waals surface area contributed by atoms with Crippen molar-refractivity contribution in [3.05, 3.63) is 34.9 Å². The maximum absolute atomic E-state index is 13.3. The number of carbonyl (C=O) groups is 1. The third-order valence-electron chi connectivity index (χ3n) is 4.90. The lowest BCUT2D eigenvalue weighted by molar-refractivity contribution is -0.138. The Balaban J connectivity index is 3.13. The summed E-state index contributed by atoms with van der Waals surface area (Å²) in [5.74, 6) is -1.87. The minimum Gasteiger partial charge on any atom is -0.380 e. The summed E-state index contributed by atoms with van der Waals surface area (Å²) in [6.45, 7) is 3.33. The van der Waals surface area contributed by atoms with E-state index in [1.54, 1.807) is 0 Å². The summed E-state index contributed by atoms with van der Waals surface area (Å²) in [5, 5.41) is 19.5. The van der Waals surface area contributed by atoms with Gasteiger partial charge in [-0.15, -0.1) is 0 Å². The van der Waals surface area contributed by atoms with Crippen LogP contribution in [0.4, 0.5) is 13.2 Å². The van der Waals surface area contributed by atoms with Crippen LogP contribution in [-0.4, -0.2) is 16.6 Å². The Morgan fingerprint density at radius 1 is 1.22 bits per heavy atom. The van der Waals surface area contributed by atoms with Crippen LogP contribution in [0.25, 0.3) is 0 Å². The van der Waals surface area contributed by atoms with Gasteiger partial charge in [-0.3, -0.25) is 4.79 Å². The van der Waals surface area contributed by atoms with Gasteiger partial charge >= 0.3 is 6.18 Å². The van der Waals surface area contributed by atoms with E-state index in [2.05, 4.69) is 6.92 Å². The first-order valence-corrected chi connectivity index (χ1v) is 9.19. The number of nitriles is 1. The van der Waals surface area contributed by atoms with Crippen molar-refractivity contribution in [2.45, 2.75) is 76.5 Å². The number of alkyl halides is 3. The van der Waals surface area contributed by atoms with Crippen molar-refractivity contribution < 1.29 is 23.1 Å². The van der Waals surface area contributed by atoms with Crippen LogP contribution in [-0.2, 0) is 11.0 Å². The molecular weight excluding hydrogens is 357 g/mol. The fourth-order valence-electron chi connectivity index (χ4n) is 3.18. The minimum absolute atomic E-state index is 0.152. The highest BCUT2D eigenvalue weighted by molar-refractivity contribution is 5.84. The molecule has 0 spiro atoms. The molecule has 0 aliphatic rings. The second-order valence-corrected chi connectivity index (χ2v) is 7.04. The molecule has 2 atom stereocenters. The zero-order valence-electron chi connectivity index (χ0n) is 15.8. The molecule has 0 heterocycles. The maximum Gasteiger partial charge on any atom is 0.417 e. The van der Waals surface area contributed by atoms with Crippen molar-refractivity contribution in [1.29, 1.82) is 5.26 Å². The molecule has 150 valence electrons. The highest BCUT2D eigenvalue weighted by atomic mass is 19.4. The summed E-state index contributed by atoms with van der Waals surface area (Å²) in [6, 6.07) is 4.80. The Hall–Kier alpha value is -2.07. The molecule has 4 nitrogen and oxygen atoms in total. The molecule has 1 aromatic carbocycles. The van der Waals surface area contributed by atoms with Gasteiger partial charge in [-0.25, -0.2) is 0 Å². The van der Waals surface area contributed by atoms with Crippen LogP contribution in [0.3, 0.4) is 0 Å². The second kappa shape index (κ2) is 9.75. The van der Waals surface area contributed by atoms with Gasteiger partial charge in [0.15, 0.2) is 0 Å². The molecule has 7 heteroatoms. The summed E-state index contributed by atoms with van der Waals surface area (Å²) < 4.78 is 39.8. The highest BCUT2D eigenvalue weighted by Crippen LogP contribution is 2.38. The smallest absolute Gasteiger partial charge is 0.380 e. The predicted molar refractivity (Wildman–Crippen MR) is 96.7 cm³/mol. The Bertz CT molecular complexity index is 679. The van der Waals surface area contributed by atoms with Gasteiger partial charge in [0.05, 0.1) is 17.2 Å². The van der Waals surface area contributed by atoms with Crippen LogP contribution >= 0.6 is 0 Å². The largest absolute Gasteiger partial charge is 0.417 e. The van der Waals surface area contributed by atoms with Gasteiger partial charge < -0.3 is 10.8 Å². The van der Waals surface area contributed by atoms with Crippen molar-refractivity contribution in [1.82, 2.24) is 0 Å². The number of nitrogens with two attached hydrogens (primary N) is 1. The molecule has 0 bridgehead atoms. The Morgan fingerprint density at radius 3 is 2.33 bits per heavy atom. The number of nitrogens with zero attached hydrogens (tertiary/aromatic N) is 1. The van der Waals surface area contributed by atoms with Crippen molar-refractivity contribution in [2.75, 3.05) is 0 Å². The first-order valence-electron chi connectivity index (χ1n) is 9.19. The van der Waals surface area contributed by atoms with Crippen LogP contribution in [0, 0.1) is 11.3 Å². The second-order valence-electron chi connectivity index (χ2n) is 7.04. The maximum atomic E-state index is 13.3. The lowest BCUT2D eigenvalue weighted by atomic mass is 9.78. The molecule has 1 aromatic rings. The van der Waals surface area contributed by atoms with E-state index in [-0.39, 0.29) is 5.56 Å². The van der Waals surface area contributed by atoms with Crippen molar-refractivity contribution in [2.24, 2.45) is 5.73 Å². The van der Waals surface area contributed by atoms with Crippen LogP contribution in [0.2, 0.25) is 0 Å². The van der Waals surface area contributed by atoms with E-state index in [0.717, 1.165) is 44.2 Å². The van der Waals surface area contributed by atoms with Crippen LogP contribution < -0.4 is 5.73 Å². The van der Waals surface area contributed by atoms with Crippen molar-refractivity contribution in [3.8, 4) is 6.07 Å². The number of hydrogen-bond acceptors (Lipinski definition) is 3. The summed E-state index contributed by atoms with van der Waals surface area (Å²) in [4.78, 5) is 11.7. The molecule has 0 saturated heterocycles. The van der Waals surface area contributed by atoms with Crippen LogP contribution in [0.1, 0.15) is 81.4 Å². The molecule has 27 heavy (non-hydrogen) atoms. The number of unbranched alkanes of at least 4 members (excludes halogenated alkanes) is 5. The van der Waals surface area contributed by atoms with Gasteiger partial charge in [-0.2, -0.15) is 18.4 Å². The normalized spacial score (nSPS) is 15.0. The van der Waals surface area contributed by atoms with E-state index in [1.165, 1.54) is 19.1 Å². The number of hydrogen-bond donors (Lipinski definition) is 2. The predicted octanol–water partition coefficient (Wildman–Crippen LogP) is 4.65. The summed E-state index contributed by atoms with van der Waals surface area (Å²) in [5.41, 5.74) is 1.89. The SMILES string of the molecule is CCCCCCCCC(c1ccc(C#N)c(C(F)(F)F)c1)C(C)(O)C(N)=O. The quantitative estimate of drug-likeness (QED) is 0.576. The third-order valence-corrected chi connectivity index (χ3v) is 4.90. The molecule has 1 amide bonds. The number of aliphatic hydroxyl groups is 1. The van der Waals surface area contributed by atoms with Gasteiger partial charge in [0, 0.05) is 5.92 Å². The molecule has 0 fully saturated rings. The van der Waals surface area contributed by atoms with Gasteiger partial charge in [-0.05, 0) is 31.0 Å². The molecule has 0 saturated carbocycles. The van der Waals surface area contributed by atoms with E-state index in [9.17, 15) is 23.1 Å². The molecular formula is C20H27F3N2O2. The molecule has 0 aromatic heterocycles. The van der Waals surface area contributed by atoms with E-state index in [4.69, 9.17) is 11.0 Å². The monoisotopic (exact) mass is 384 g/mol. The minimum atomic E-state index is -4.70. The molecule has 1 rings (SSSR count). The molecule has 3 N–H and O–H groups in total. The van der Waals surface area contributed by atoms with Gasteiger partial charge in [0.2, 0.25) is 5.91 Å². The molecule has 0 radical (unpaired) electrons. The Labute approximate surface area is 158 Å². The van der Waals surface area contributed by atoms with Gasteiger partial charge in [-0.1, -0.05) is 51.5 Å². The highest BCUT2D eigenvalue weighted by Gasteiger charge is 2.40. The number of primary amides is 1. The topological polar surface area (TPSA) is 87.1 Å². The number of rotatable bonds is 10. The van der Waals surface area contributed by atoms with Gasteiger partial charge in [0.25, 0.3) is 0 Å². The van der Waals surface area contributed by atoms with E-state index < -0.39 is 34.7 Å². The van der Waals surface area contributed by atoms with Gasteiger partial charge in [0.1, 0.15) is 5.60 Å². The first kappa shape index (κ1) is 23.0. The fourth-order valence-corrected chi connectivity index (χ4v) is 3.18. The fraction of sp³-hybridized carbons (Fsp3) is 0.600. The summed E-state index contributed by atoms with van der Waals surface area (Å²) >= 11 is 0. The average Bonchev–Trinajstić information content (AvgIpc) is 2.59. The average molecular weight is 384 g/mol. The van der Waals surface area contributed by atoms with Crippen molar-refractivity contribution >= 4 is 5.91 Å². The zero-order valence-corrected chi connectivity index (χ0v) is 15.8. The summed E-state index contributed by atoms with van der Waals surface area (Å²) in [7, 11) is 0. The summed E-state index contributed by atoms with van der Waals surface area (Å²) in [6.07, 6.45) is 1.41. The van der Waals surface area contributed by atoms with E-state index in [1.807, 2.05) is 0 Å². The zero-order chi connectivity index (χ0) is 20.7. The standard InChI is InChI=1S/C20H27F3N2O2/c1-3-4-5-6-7-8-9-16(19(2,27)18(25)26)14-10-11-15(13-24)17(12-14)20(21,22)23/h10-12,16,27H,3-9H2,1-2H3,(H2,25,26). The number of benzene rings is 1. The number of amides is 1. The molecule has 0 aliphatic carbocycles. The van der Waals surface area contributed by atoms with Crippen LogP contribution in [0.15, 0.2) is 18.2 Å². The molecule has 0 aliphatic heterocycles.